The molecule has 1 aliphatic carbocycles. The number of hydrogen-bond donors (Lipinski definition) is 3. The lowest BCUT2D eigenvalue weighted by Gasteiger charge is -2.09. The normalized spacial score (nSPS) is 17.6. The number of hydrogen-bond acceptors (Lipinski definition) is 7. The Balaban J connectivity index is 1.27. The Morgan fingerprint density at radius 2 is 2.07 bits per heavy atom. The van der Waals surface area contributed by atoms with Gasteiger partial charge in [0.25, 0.3) is 0 Å². The third-order valence-corrected chi connectivity index (χ3v) is 5.22. The summed E-state index contributed by atoms with van der Waals surface area (Å²) in [5.41, 5.74) is 2.16. The molecule has 2 aromatic heterocycles. The second-order valence-electron chi connectivity index (χ2n) is 6.93. The highest BCUT2D eigenvalue weighted by molar-refractivity contribution is 9.10. The molecule has 3 N–H and O–H groups in total. The van der Waals surface area contributed by atoms with E-state index < -0.39 is 0 Å². The fourth-order valence-electron chi connectivity index (χ4n) is 3.07. The maximum absolute atomic E-state index is 5.62. The first-order chi connectivity index (χ1) is 13.6. The molecule has 1 unspecified atom stereocenters. The van der Waals surface area contributed by atoms with Crippen molar-refractivity contribution >= 4 is 33.5 Å². The first kappa shape index (κ1) is 17.3. The van der Waals surface area contributed by atoms with Gasteiger partial charge in [-0.15, -0.1) is 0 Å². The monoisotopic (exact) mass is 442 g/mol. The number of ether oxygens (including phenoxy) is 2. The van der Waals surface area contributed by atoms with E-state index in [0.717, 1.165) is 33.0 Å². The van der Waals surface area contributed by atoms with Gasteiger partial charge in [-0.2, -0.15) is 10.1 Å². The summed E-state index contributed by atoms with van der Waals surface area (Å²) in [4.78, 5) is 8.89. The summed E-state index contributed by atoms with van der Waals surface area (Å²) in [5, 5.41) is 13.9. The molecule has 1 saturated carbocycles. The number of anilines is 3. The van der Waals surface area contributed by atoms with Crippen LogP contribution in [0.1, 0.15) is 36.9 Å². The van der Waals surface area contributed by atoms with Crippen LogP contribution in [-0.4, -0.2) is 26.5 Å². The van der Waals surface area contributed by atoms with Crippen molar-refractivity contribution in [1.29, 1.82) is 0 Å². The Morgan fingerprint density at radius 3 is 2.93 bits per heavy atom. The summed E-state index contributed by atoms with van der Waals surface area (Å²) in [6, 6.07) is 7.91. The molecule has 5 rings (SSSR count). The first-order valence-electron chi connectivity index (χ1n) is 9.19. The Hall–Kier alpha value is -2.81. The Labute approximate surface area is 170 Å². The van der Waals surface area contributed by atoms with E-state index in [1.807, 2.05) is 31.2 Å². The molecule has 0 amide bonds. The molecule has 1 aromatic carbocycles. The van der Waals surface area contributed by atoms with E-state index >= 15 is 0 Å². The molecule has 1 atom stereocenters. The van der Waals surface area contributed by atoms with Crippen molar-refractivity contribution < 1.29 is 9.47 Å². The Morgan fingerprint density at radius 1 is 1.21 bits per heavy atom. The van der Waals surface area contributed by atoms with Crippen molar-refractivity contribution in [3.05, 3.63) is 46.2 Å². The van der Waals surface area contributed by atoms with Gasteiger partial charge in [-0.05, 0) is 46.5 Å². The zero-order valence-corrected chi connectivity index (χ0v) is 16.8. The molecule has 9 heteroatoms. The van der Waals surface area contributed by atoms with Crippen LogP contribution in [0.4, 0.5) is 17.6 Å². The molecule has 8 nitrogen and oxygen atoms in total. The molecule has 144 valence electrons. The largest absolute Gasteiger partial charge is 0.451 e. The van der Waals surface area contributed by atoms with Crippen LogP contribution >= 0.6 is 15.9 Å². The van der Waals surface area contributed by atoms with E-state index in [1.54, 1.807) is 6.20 Å². The highest BCUT2D eigenvalue weighted by Crippen LogP contribution is 2.40. The summed E-state index contributed by atoms with van der Waals surface area (Å²) < 4.78 is 11.9. The summed E-state index contributed by atoms with van der Waals surface area (Å²) in [5.74, 6) is 4.14. The fourth-order valence-corrected chi connectivity index (χ4v) is 3.36. The number of H-pyrrole nitrogens is 1. The second kappa shape index (κ2) is 6.97. The van der Waals surface area contributed by atoms with Crippen LogP contribution in [0, 0.1) is 0 Å². The number of fused-ring (bicyclic) bond motifs is 1. The number of nitrogens with one attached hydrogen (secondary N) is 3. The predicted molar refractivity (Wildman–Crippen MR) is 108 cm³/mol. The lowest BCUT2D eigenvalue weighted by Crippen LogP contribution is -2.11. The molecule has 28 heavy (non-hydrogen) atoms. The average Bonchev–Trinajstić information content (AvgIpc) is 3.31. The van der Waals surface area contributed by atoms with Gasteiger partial charge in [0.05, 0.1) is 10.2 Å². The number of nitrogens with zero attached hydrogens (tertiary/aromatic N) is 3. The number of aromatic nitrogens is 4. The van der Waals surface area contributed by atoms with E-state index in [1.165, 1.54) is 12.8 Å². The van der Waals surface area contributed by atoms with Gasteiger partial charge in [0.1, 0.15) is 5.82 Å². The van der Waals surface area contributed by atoms with Gasteiger partial charge < -0.3 is 20.1 Å². The zero-order chi connectivity index (χ0) is 19.1. The first-order valence-corrected chi connectivity index (χ1v) is 9.98. The van der Waals surface area contributed by atoms with Crippen molar-refractivity contribution in [2.45, 2.75) is 38.5 Å². The fraction of sp³-hybridized carbons (Fsp3) is 0.316. The van der Waals surface area contributed by atoms with Crippen LogP contribution < -0.4 is 20.1 Å². The molecule has 3 heterocycles. The van der Waals surface area contributed by atoms with E-state index in [9.17, 15) is 0 Å². The van der Waals surface area contributed by atoms with Gasteiger partial charge >= 0.3 is 0 Å². The van der Waals surface area contributed by atoms with Gasteiger partial charge in [0, 0.05) is 31.6 Å². The van der Waals surface area contributed by atoms with Crippen LogP contribution in [-0.2, 0) is 6.54 Å². The quantitative estimate of drug-likeness (QED) is 0.522. The van der Waals surface area contributed by atoms with Crippen LogP contribution in [0.3, 0.4) is 0 Å². The molecule has 3 aromatic rings. The van der Waals surface area contributed by atoms with E-state index in [0.29, 0.717) is 24.2 Å². The highest BCUT2D eigenvalue weighted by Gasteiger charge is 2.26. The minimum absolute atomic E-state index is 0.246. The standard InChI is InChI=1S/C19H19BrN6O2/c1-10-27-15-5-2-11(6-16(15)28-10)8-21-19-22-9-13(20)18(24-19)23-17-7-14(25-26-17)12-3-4-12/h2,5-7,9-10,12H,3-4,8H2,1H3,(H3,21,22,23,24,25,26). The lowest BCUT2D eigenvalue weighted by molar-refractivity contribution is 0.0678. The zero-order valence-electron chi connectivity index (χ0n) is 15.2. The van der Waals surface area contributed by atoms with E-state index in [4.69, 9.17) is 9.47 Å². The molecule has 0 bridgehead atoms. The predicted octanol–water partition coefficient (Wildman–Crippen LogP) is 4.31. The third-order valence-electron chi connectivity index (χ3n) is 4.64. The topological polar surface area (TPSA) is 97.0 Å². The minimum Gasteiger partial charge on any atom is -0.451 e. The summed E-state index contributed by atoms with van der Waals surface area (Å²) >= 11 is 3.49. The molecule has 0 spiro atoms. The average molecular weight is 443 g/mol. The van der Waals surface area contributed by atoms with Gasteiger partial charge in [-0.3, -0.25) is 5.10 Å². The summed E-state index contributed by atoms with van der Waals surface area (Å²) in [7, 11) is 0. The molecule has 1 aliphatic heterocycles. The van der Waals surface area contributed by atoms with Crippen molar-refractivity contribution in [2.24, 2.45) is 0 Å². The molecule has 2 aliphatic rings. The maximum Gasteiger partial charge on any atom is 0.238 e. The second-order valence-corrected chi connectivity index (χ2v) is 7.79. The molecular formula is C19H19BrN6O2. The molecule has 0 radical (unpaired) electrons. The maximum atomic E-state index is 5.62. The molecular weight excluding hydrogens is 424 g/mol. The van der Waals surface area contributed by atoms with Gasteiger partial charge in [-0.1, -0.05) is 6.07 Å². The number of rotatable bonds is 6. The van der Waals surface area contributed by atoms with Gasteiger partial charge in [0.15, 0.2) is 17.3 Å². The van der Waals surface area contributed by atoms with Crippen LogP contribution in [0.2, 0.25) is 0 Å². The molecule has 1 fully saturated rings. The smallest absolute Gasteiger partial charge is 0.238 e. The van der Waals surface area contributed by atoms with Crippen molar-refractivity contribution in [1.82, 2.24) is 20.2 Å². The van der Waals surface area contributed by atoms with Crippen molar-refractivity contribution in [3.8, 4) is 11.5 Å². The SMILES string of the molecule is CC1Oc2ccc(CNc3ncc(Br)c(Nc4cc(C5CC5)n[nH]4)n3)cc2O1. The highest BCUT2D eigenvalue weighted by atomic mass is 79.9. The van der Waals surface area contributed by atoms with Crippen molar-refractivity contribution in [3.63, 3.8) is 0 Å². The van der Waals surface area contributed by atoms with Crippen LogP contribution in [0.25, 0.3) is 0 Å². The van der Waals surface area contributed by atoms with Crippen LogP contribution in [0.5, 0.6) is 11.5 Å². The third kappa shape index (κ3) is 3.62. The van der Waals surface area contributed by atoms with E-state index in [-0.39, 0.29) is 6.29 Å². The Bertz CT molecular complexity index is 1020. The number of aromatic amines is 1. The lowest BCUT2D eigenvalue weighted by atomic mass is 10.2. The molecule has 0 saturated heterocycles. The number of halogens is 1. The Kier molecular flexibility index (Phi) is 4.31. The summed E-state index contributed by atoms with van der Waals surface area (Å²) in [6.45, 7) is 2.44. The minimum atomic E-state index is -0.246. The van der Waals surface area contributed by atoms with Gasteiger partial charge in [-0.25, -0.2) is 4.98 Å². The van der Waals surface area contributed by atoms with Gasteiger partial charge in [0.2, 0.25) is 12.2 Å². The van der Waals surface area contributed by atoms with Crippen LogP contribution in [0.15, 0.2) is 34.9 Å². The van der Waals surface area contributed by atoms with Crippen molar-refractivity contribution in [2.75, 3.05) is 10.6 Å². The summed E-state index contributed by atoms with van der Waals surface area (Å²) in [6.07, 6.45) is 3.91. The van der Waals surface area contributed by atoms with E-state index in [2.05, 4.69) is 46.7 Å². The number of benzene rings is 1.